The molecule has 0 heterocycles. The lowest BCUT2D eigenvalue weighted by atomic mass is 10.1. The van der Waals surface area contributed by atoms with Crippen molar-refractivity contribution in [2.75, 3.05) is 0 Å². The summed E-state index contributed by atoms with van der Waals surface area (Å²) in [6.45, 7) is 0. The average molecular weight is 225 g/mol. The molecule has 1 nitrogen and oxygen atoms in total. The second kappa shape index (κ2) is 3.02. The van der Waals surface area contributed by atoms with E-state index >= 15 is 0 Å². The quantitative estimate of drug-likeness (QED) is 0.707. The Morgan fingerprint density at radius 2 is 2.33 bits per heavy atom. The molecule has 0 amide bonds. The maximum Gasteiger partial charge on any atom is 0.123 e. The molecule has 0 bridgehead atoms. The molecule has 1 aromatic rings. The number of hydrogen-bond acceptors (Lipinski definition) is 1. The monoisotopic (exact) mass is 224 g/mol. The molecule has 0 spiro atoms. The zero-order valence-corrected chi connectivity index (χ0v) is 8.12. The molecule has 1 aliphatic carbocycles. The van der Waals surface area contributed by atoms with Crippen LogP contribution in [-0.4, -0.2) is 6.29 Å². The lowest BCUT2D eigenvalue weighted by Gasteiger charge is -1.97. The van der Waals surface area contributed by atoms with Crippen LogP contribution in [0.2, 0.25) is 0 Å². The number of hydrogen-bond donors (Lipinski definition) is 0. The highest BCUT2D eigenvalue weighted by molar-refractivity contribution is 9.10. The Bertz CT molecular complexity index is 308. The van der Waals surface area contributed by atoms with Gasteiger partial charge in [0.1, 0.15) is 6.29 Å². The lowest BCUT2D eigenvalue weighted by Crippen LogP contribution is -1.83. The fourth-order valence-electron chi connectivity index (χ4n) is 1.49. The summed E-state index contributed by atoms with van der Waals surface area (Å²) in [5.74, 6) is 0.763. The molecule has 12 heavy (non-hydrogen) atoms. The third-order valence-electron chi connectivity index (χ3n) is 2.29. The van der Waals surface area contributed by atoms with E-state index in [-0.39, 0.29) is 5.92 Å². The van der Waals surface area contributed by atoms with Crippen LogP contribution in [0.1, 0.15) is 17.9 Å². The largest absolute Gasteiger partial charge is 0.303 e. The fraction of sp³-hybridized carbons (Fsp3) is 0.300. The standard InChI is InChI=1S/C10H9BrO/c11-9-3-1-2-7(4-9)10-5-8(10)6-12/h1-4,6,8,10H,5H2/t8-,10-/m1/s1. The summed E-state index contributed by atoms with van der Waals surface area (Å²) >= 11 is 3.41. The van der Waals surface area contributed by atoms with Crippen LogP contribution in [-0.2, 0) is 4.79 Å². The predicted octanol–water partition coefficient (Wildman–Crippen LogP) is 2.75. The highest BCUT2D eigenvalue weighted by Crippen LogP contribution is 2.46. The summed E-state index contributed by atoms with van der Waals surface area (Å²) in [7, 11) is 0. The number of carbonyl (C=O) groups excluding carboxylic acids is 1. The van der Waals surface area contributed by atoms with Crippen molar-refractivity contribution in [3.8, 4) is 0 Å². The molecule has 1 aliphatic rings. The maximum absolute atomic E-state index is 10.4. The Morgan fingerprint density at radius 1 is 1.50 bits per heavy atom. The van der Waals surface area contributed by atoms with Gasteiger partial charge in [-0.2, -0.15) is 0 Å². The summed E-state index contributed by atoms with van der Waals surface area (Å²) in [6, 6.07) is 8.19. The van der Waals surface area contributed by atoms with Gasteiger partial charge in [0.15, 0.2) is 0 Å². The molecule has 0 aliphatic heterocycles. The van der Waals surface area contributed by atoms with E-state index in [0.29, 0.717) is 5.92 Å². The first-order valence-electron chi connectivity index (χ1n) is 4.02. The van der Waals surface area contributed by atoms with Crippen molar-refractivity contribution in [1.82, 2.24) is 0 Å². The van der Waals surface area contributed by atoms with Gasteiger partial charge in [0.05, 0.1) is 0 Å². The number of halogens is 1. The summed E-state index contributed by atoms with van der Waals surface area (Å²) < 4.78 is 1.09. The maximum atomic E-state index is 10.4. The van der Waals surface area contributed by atoms with Crippen molar-refractivity contribution in [2.45, 2.75) is 12.3 Å². The van der Waals surface area contributed by atoms with Crippen molar-refractivity contribution in [3.05, 3.63) is 34.3 Å². The van der Waals surface area contributed by atoms with Crippen LogP contribution >= 0.6 is 15.9 Å². The van der Waals surface area contributed by atoms with Crippen molar-refractivity contribution >= 4 is 22.2 Å². The molecular formula is C10H9BrO. The van der Waals surface area contributed by atoms with E-state index in [1.807, 2.05) is 12.1 Å². The molecule has 2 heteroatoms. The highest BCUT2D eigenvalue weighted by Gasteiger charge is 2.37. The Labute approximate surface area is 79.9 Å². The Hall–Kier alpha value is -0.630. The Kier molecular flexibility index (Phi) is 2.01. The molecule has 1 saturated carbocycles. The lowest BCUT2D eigenvalue weighted by molar-refractivity contribution is -0.108. The van der Waals surface area contributed by atoms with Crippen LogP contribution < -0.4 is 0 Å². The van der Waals surface area contributed by atoms with Crippen LogP contribution in [0.5, 0.6) is 0 Å². The van der Waals surface area contributed by atoms with Gasteiger partial charge < -0.3 is 4.79 Å². The van der Waals surface area contributed by atoms with Gasteiger partial charge in [-0.1, -0.05) is 28.1 Å². The SMILES string of the molecule is O=C[C@H]1C[C@@H]1c1cccc(Br)c1. The first-order valence-corrected chi connectivity index (χ1v) is 4.81. The molecule has 62 valence electrons. The van der Waals surface area contributed by atoms with Crippen LogP contribution in [0.3, 0.4) is 0 Å². The predicted molar refractivity (Wildman–Crippen MR) is 51.1 cm³/mol. The summed E-state index contributed by atoms with van der Waals surface area (Å²) in [4.78, 5) is 10.4. The Balaban J connectivity index is 2.19. The van der Waals surface area contributed by atoms with Crippen molar-refractivity contribution in [3.63, 3.8) is 0 Å². The zero-order valence-electron chi connectivity index (χ0n) is 6.53. The van der Waals surface area contributed by atoms with E-state index in [1.165, 1.54) is 5.56 Å². The van der Waals surface area contributed by atoms with Crippen LogP contribution in [0, 0.1) is 5.92 Å². The molecule has 2 rings (SSSR count). The smallest absolute Gasteiger partial charge is 0.123 e. The first kappa shape index (κ1) is 7.99. The van der Waals surface area contributed by atoms with Gasteiger partial charge in [-0.3, -0.25) is 0 Å². The molecule has 0 N–H and O–H groups in total. The second-order valence-electron chi connectivity index (χ2n) is 3.20. The van der Waals surface area contributed by atoms with E-state index in [2.05, 4.69) is 28.1 Å². The molecule has 0 unspecified atom stereocenters. The van der Waals surface area contributed by atoms with Crippen molar-refractivity contribution in [1.29, 1.82) is 0 Å². The summed E-state index contributed by atoms with van der Waals surface area (Å²) in [5.41, 5.74) is 1.28. The topological polar surface area (TPSA) is 17.1 Å². The third kappa shape index (κ3) is 1.44. The molecular weight excluding hydrogens is 216 g/mol. The van der Waals surface area contributed by atoms with E-state index in [1.54, 1.807) is 0 Å². The summed E-state index contributed by atoms with van der Waals surface area (Å²) in [6.07, 6.45) is 2.09. The third-order valence-corrected chi connectivity index (χ3v) is 2.78. The van der Waals surface area contributed by atoms with Gasteiger partial charge in [-0.15, -0.1) is 0 Å². The molecule has 1 fully saturated rings. The minimum atomic E-state index is 0.277. The van der Waals surface area contributed by atoms with E-state index in [4.69, 9.17) is 0 Å². The normalized spacial score (nSPS) is 26.8. The van der Waals surface area contributed by atoms with Gasteiger partial charge in [-0.05, 0) is 30.0 Å². The van der Waals surface area contributed by atoms with E-state index in [0.717, 1.165) is 17.2 Å². The van der Waals surface area contributed by atoms with Crippen molar-refractivity contribution in [2.24, 2.45) is 5.92 Å². The molecule has 2 atom stereocenters. The van der Waals surface area contributed by atoms with Crippen LogP contribution in [0.15, 0.2) is 28.7 Å². The highest BCUT2D eigenvalue weighted by atomic mass is 79.9. The van der Waals surface area contributed by atoms with Gasteiger partial charge in [0, 0.05) is 10.4 Å². The van der Waals surface area contributed by atoms with Gasteiger partial charge in [-0.25, -0.2) is 0 Å². The molecule has 0 aromatic heterocycles. The van der Waals surface area contributed by atoms with Crippen LogP contribution in [0.4, 0.5) is 0 Å². The van der Waals surface area contributed by atoms with Crippen LogP contribution in [0.25, 0.3) is 0 Å². The minimum absolute atomic E-state index is 0.277. The van der Waals surface area contributed by atoms with Gasteiger partial charge in [0.25, 0.3) is 0 Å². The Morgan fingerprint density at radius 3 is 2.92 bits per heavy atom. The van der Waals surface area contributed by atoms with Gasteiger partial charge in [0.2, 0.25) is 0 Å². The number of aldehydes is 1. The van der Waals surface area contributed by atoms with E-state index in [9.17, 15) is 4.79 Å². The second-order valence-corrected chi connectivity index (χ2v) is 4.11. The number of rotatable bonds is 2. The van der Waals surface area contributed by atoms with Gasteiger partial charge >= 0.3 is 0 Å². The summed E-state index contributed by atoms with van der Waals surface area (Å²) in [5, 5.41) is 0. The van der Waals surface area contributed by atoms with E-state index < -0.39 is 0 Å². The minimum Gasteiger partial charge on any atom is -0.303 e. The zero-order chi connectivity index (χ0) is 8.55. The first-order chi connectivity index (χ1) is 5.81. The molecule has 0 saturated heterocycles. The molecule has 1 aromatic carbocycles. The van der Waals surface area contributed by atoms with Crippen molar-refractivity contribution < 1.29 is 4.79 Å². The number of carbonyl (C=O) groups is 1. The fourth-order valence-corrected chi connectivity index (χ4v) is 1.90. The average Bonchev–Trinajstić information content (AvgIpc) is 2.83. The number of benzene rings is 1. The molecule has 0 radical (unpaired) electrons.